The van der Waals surface area contributed by atoms with Crippen LogP contribution >= 0.6 is 11.8 Å². The quantitative estimate of drug-likeness (QED) is 0.869. The van der Waals surface area contributed by atoms with Gasteiger partial charge in [-0.1, -0.05) is 47.7 Å². The van der Waals surface area contributed by atoms with Crippen molar-refractivity contribution in [1.82, 2.24) is 5.32 Å². The highest BCUT2D eigenvalue weighted by molar-refractivity contribution is 7.99. The maximum absolute atomic E-state index is 3.30. The summed E-state index contributed by atoms with van der Waals surface area (Å²) in [6.45, 7) is 4.31. The number of benzene rings is 2. The number of hydrogen-bond donors (Lipinski definition) is 1. The van der Waals surface area contributed by atoms with Crippen LogP contribution in [0, 0.1) is 6.92 Å². The molecule has 0 fully saturated rings. The molecule has 94 valence electrons. The van der Waals surface area contributed by atoms with Crippen molar-refractivity contribution in [3.63, 3.8) is 0 Å². The van der Waals surface area contributed by atoms with Gasteiger partial charge in [0.15, 0.2) is 0 Å². The molecule has 2 heteroatoms. The molecule has 0 aliphatic rings. The number of aryl methyl sites for hydroxylation is 1. The summed E-state index contributed by atoms with van der Waals surface area (Å²) in [6.07, 6.45) is 0. The Bertz CT molecular complexity index is 505. The van der Waals surface area contributed by atoms with Crippen molar-refractivity contribution in [1.29, 1.82) is 0 Å². The van der Waals surface area contributed by atoms with Gasteiger partial charge in [0.2, 0.25) is 0 Å². The van der Waals surface area contributed by atoms with Crippen molar-refractivity contribution < 1.29 is 0 Å². The Labute approximate surface area is 114 Å². The van der Waals surface area contributed by atoms with E-state index in [2.05, 4.69) is 67.7 Å². The average Bonchev–Trinajstić information content (AvgIpc) is 2.41. The highest BCUT2D eigenvalue weighted by atomic mass is 32.2. The van der Waals surface area contributed by atoms with E-state index in [-0.39, 0.29) is 0 Å². The number of hydrogen-bond acceptors (Lipinski definition) is 2. The van der Waals surface area contributed by atoms with Crippen LogP contribution < -0.4 is 5.32 Å². The van der Waals surface area contributed by atoms with E-state index in [0.717, 1.165) is 0 Å². The molecule has 0 amide bonds. The molecule has 18 heavy (non-hydrogen) atoms. The van der Waals surface area contributed by atoms with Gasteiger partial charge >= 0.3 is 0 Å². The first-order chi connectivity index (χ1) is 8.70. The van der Waals surface area contributed by atoms with Crippen molar-refractivity contribution >= 4 is 11.8 Å². The lowest BCUT2D eigenvalue weighted by molar-refractivity contribution is 0.641. The molecule has 0 saturated heterocycles. The van der Waals surface area contributed by atoms with Crippen LogP contribution in [-0.2, 0) is 0 Å². The van der Waals surface area contributed by atoms with Crippen molar-refractivity contribution in [3.05, 3.63) is 59.7 Å². The van der Waals surface area contributed by atoms with Gasteiger partial charge in [-0.3, -0.25) is 0 Å². The lowest BCUT2D eigenvalue weighted by Gasteiger charge is -2.15. The molecule has 0 aromatic heterocycles. The minimum absolute atomic E-state index is 0.374. The summed E-state index contributed by atoms with van der Waals surface area (Å²) in [5, 5.41) is 3.30. The Balaban J connectivity index is 2.26. The highest BCUT2D eigenvalue weighted by Gasteiger charge is 2.09. The average molecular weight is 257 g/mol. The highest BCUT2D eigenvalue weighted by Crippen LogP contribution is 2.33. The van der Waals surface area contributed by atoms with Gasteiger partial charge in [0.05, 0.1) is 0 Å². The Morgan fingerprint density at radius 1 is 1.00 bits per heavy atom. The Morgan fingerprint density at radius 2 is 1.67 bits per heavy atom. The van der Waals surface area contributed by atoms with Crippen LogP contribution in [0.15, 0.2) is 58.3 Å². The predicted molar refractivity (Wildman–Crippen MR) is 79.2 cm³/mol. The molecule has 2 rings (SSSR count). The van der Waals surface area contributed by atoms with Gasteiger partial charge in [0.1, 0.15) is 0 Å². The summed E-state index contributed by atoms with van der Waals surface area (Å²) in [7, 11) is 2.00. The fourth-order valence-electron chi connectivity index (χ4n) is 1.82. The molecule has 2 aromatic rings. The van der Waals surface area contributed by atoms with Crippen molar-refractivity contribution in [3.8, 4) is 0 Å². The van der Waals surface area contributed by atoms with Gasteiger partial charge in [-0.05, 0) is 44.7 Å². The molecule has 0 bridgehead atoms. The smallest absolute Gasteiger partial charge is 0.0300 e. The molecule has 1 unspecified atom stereocenters. The van der Waals surface area contributed by atoms with E-state index < -0.39 is 0 Å². The summed E-state index contributed by atoms with van der Waals surface area (Å²) in [6, 6.07) is 17.6. The van der Waals surface area contributed by atoms with Crippen LogP contribution in [0.3, 0.4) is 0 Å². The monoisotopic (exact) mass is 257 g/mol. The summed E-state index contributed by atoms with van der Waals surface area (Å²) in [5.74, 6) is 0. The van der Waals surface area contributed by atoms with Crippen LogP contribution in [0.5, 0.6) is 0 Å². The first-order valence-electron chi connectivity index (χ1n) is 6.21. The molecule has 0 saturated carbocycles. The Kier molecular flexibility index (Phi) is 4.45. The molecule has 2 aromatic carbocycles. The van der Waals surface area contributed by atoms with Gasteiger partial charge in [0, 0.05) is 15.8 Å². The van der Waals surface area contributed by atoms with E-state index in [1.807, 2.05) is 18.8 Å². The maximum Gasteiger partial charge on any atom is 0.0300 e. The Morgan fingerprint density at radius 3 is 2.33 bits per heavy atom. The molecule has 0 aliphatic carbocycles. The normalized spacial score (nSPS) is 12.4. The summed E-state index contributed by atoms with van der Waals surface area (Å²) in [4.78, 5) is 2.61. The van der Waals surface area contributed by atoms with Crippen molar-refractivity contribution in [2.24, 2.45) is 0 Å². The molecular weight excluding hydrogens is 238 g/mol. The van der Waals surface area contributed by atoms with Gasteiger partial charge in [0.25, 0.3) is 0 Å². The van der Waals surface area contributed by atoms with Gasteiger partial charge in [-0.2, -0.15) is 0 Å². The number of nitrogens with one attached hydrogen (secondary N) is 1. The molecule has 1 atom stereocenters. The minimum Gasteiger partial charge on any atom is -0.313 e. The molecule has 0 radical (unpaired) electrons. The van der Waals surface area contributed by atoms with E-state index >= 15 is 0 Å². The second-order valence-corrected chi connectivity index (χ2v) is 5.58. The third-order valence-electron chi connectivity index (χ3n) is 3.07. The largest absolute Gasteiger partial charge is 0.313 e. The molecule has 0 spiro atoms. The topological polar surface area (TPSA) is 12.0 Å². The summed E-state index contributed by atoms with van der Waals surface area (Å²) < 4.78 is 0. The predicted octanol–water partition coefficient (Wildman–Crippen LogP) is 4.43. The Hall–Kier alpha value is -1.25. The fraction of sp³-hybridized carbons (Fsp3) is 0.250. The SMILES string of the molecule is CNC(C)c1ccccc1Sc1ccc(C)cc1. The van der Waals surface area contributed by atoms with E-state index in [0.29, 0.717) is 6.04 Å². The third-order valence-corrected chi connectivity index (χ3v) is 4.17. The fourth-order valence-corrected chi connectivity index (χ4v) is 2.86. The lowest BCUT2D eigenvalue weighted by atomic mass is 10.1. The van der Waals surface area contributed by atoms with Crippen LogP contribution in [0.2, 0.25) is 0 Å². The first-order valence-corrected chi connectivity index (χ1v) is 7.03. The molecular formula is C16H19NS. The molecule has 1 N–H and O–H groups in total. The lowest BCUT2D eigenvalue weighted by Crippen LogP contribution is -2.12. The zero-order valence-electron chi connectivity index (χ0n) is 11.1. The molecule has 1 nitrogen and oxygen atoms in total. The summed E-state index contributed by atoms with van der Waals surface area (Å²) >= 11 is 1.83. The number of rotatable bonds is 4. The van der Waals surface area contributed by atoms with E-state index in [1.54, 1.807) is 0 Å². The third kappa shape index (κ3) is 3.15. The van der Waals surface area contributed by atoms with Gasteiger partial charge in [-0.15, -0.1) is 0 Å². The summed E-state index contributed by atoms with van der Waals surface area (Å²) in [5.41, 5.74) is 2.65. The van der Waals surface area contributed by atoms with Crippen LogP contribution in [0.1, 0.15) is 24.1 Å². The van der Waals surface area contributed by atoms with Gasteiger partial charge < -0.3 is 5.32 Å². The zero-order valence-corrected chi connectivity index (χ0v) is 11.9. The van der Waals surface area contributed by atoms with Crippen LogP contribution in [0.25, 0.3) is 0 Å². The maximum atomic E-state index is 3.30. The van der Waals surface area contributed by atoms with Crippen LogP contribution in [0.4, 0.5) is 0 Å². The standard InChI is InChI=1S/C16H19NS/c1-12-8-10-14(11-9-12)18-16-7-5-4-6-15(16)13(2)17-3/h4-11,13,17H,1-3H3. The van der Waals surface area contributed by atoms with E-state index in [1.165, 1.54) is 20.9 Å². The van der Waals surface area contributed by atoms with E-state index in [9.17, 15) is 0 Å². The van der Waals surface area contributed by atoms with Crippen LogP contribution in [-0.4, -0.2) is 7.05 Å². The molecule has 0 aliphatic heterocycles. The second-order valence-electron chi connectivity index (χ2n) is 4.46. The second kappa shape index (κ2) is 6.07. The first kappa shape index (κ1) is 13.2. The zero-order chi connectivity index (χ0) is 13.0. The van der Waals surface area contributed by atoms with Crippen molar-refractivity contribution in [2.75, 3.05) is 7.05 Å². The van der Waals surface area contributed by atoms with Crippen molar-refractivity contribution in [2.45, 2.75) is 29.7 Å². The minimum atomic E-state index is 0.374. The molecule has 0 heterocycles. The van der Waals surface area contributed by atoms with Gasteiger partial charge in [-0.25, -0.2) is 0 Å². The van der Waals surface area contributed by atoms with E-state index in [4.69, 9.17) is 0 Å².